The predicted molar refractivity (Wildman–Crippen MR) is 88.5 cm³/mol. The van der Waals surface area contributed by atoms with Gasteiger partial charge in [-0.3, -0.25) is 4.68 Å². The standard InChI is InChI=1S/C14H15ClN4O4S/c1-3-23-14(20)12-9-19(2)17-13(12)24(21,22)18-16-8-10-4-6-11(15)7-5-10/h4-9,18H,3H2,1-2H3/b16-8+. The molecule has 0 fully saturated rings. The van der Waals surface area contributed by atoms with Crippen LogP contribution in [0.5, 0.6) is 0 Å². The molecule has 0 aliphatic rings. The van der Waals surface area contributed by atoms with Crippen LogP contribution in [0.2, 0.25) is 5.02 Å². The number of rotatable bonds is 6. The van der Waals surface area contributed by atoms with Crippen molar-refractivity contribution in [1.82, 2.24) is 14.6 Å². The molecule has 0 radical (unpaired) electrons. The summed E-state index contributed by atoms with van der Waals surface area (Å²) >= 11 is 5.76. The van der Waals surface area contributed by atoms with Crippen LogP contribution in [0.3, 0.4) is 0 Å². The number of hydrogen-bond acceptors (Lipinski definition) is 6. The highest BCUT2D eigenvalue weighted by Gasteiger charge is 2.27. The highest BCUT2D eigenvalue weighted by atomic mass is 35.5. The van der Waals surface area contributed by atoms with Gasteiger partial charge in [-0.2, -0.15) is 23.4 Å². The molecule has 24 heavy (non-hydrogen) atoms. The first-order valence-electron chi connectivity index (χ1n) is 6.84. The monoisotopic (exact) mass is 370 g/mol. The van der Waals surface area contributed by atoms with Crippen molar-refractivity contribution in [1.29, 1.82) is 0 Å². The van der Waals surface area contributed by atoms with Gasteiger partial charge < -0.3 is 4.74 Å². The van der Waals surface area contributed by atoms with E-state index in [4.69, 9.17) is 16.3 Å². The predicted octanol–water partition coefficient (Wildman–Crippen LogP) is 1.56. The van der Waals surface area contributed by atoms with Gasteiger partial charge >= 0.3 is 5.97 Å². The normalized spacial score (nSPS) is 11.6. The first kappa shape index (κ1) is 18.0. The van der Waals surface area contributed by atoms with Crippen molar-refractivity contribution < 1.29 is 17.9 Å². The highest BCUT2D eigenvalue weighted by molar-refractivity contribution is 7.89. The van der Waals surface area contributed by atoms with Gasteiger partial charge in [0, 0.05) is 18.3 Å². The van der Waals surface area contributed by atoms with Crippen molar-refractivity contribution in [3.63, 3.8) is 0 Å². The molecule has 128 valence electrons. The fourth-order valence-electron chi connectivity index (χ4n) is 1.78. The van der Waals surface area contributed by atoms with Gasteiger partial charge in [0.1, 0.15) is 5.56 Å². The molecule has 2 rings (SSSR count). The lowest BCUT2D eigenvalue weighted by Gasteiger charge is -2.03. The number of benzene rings is 1. The van der Waals surface area contributed by atoms with Gasteiger partial charge in [-0.15, -0.1) is 0 Å². The number of ether oxygens (including phenoxy) is 1. The Morgan fingerprint density at radius 1 is 1.42 bits per heavy atom. The van der Waals surface area contributed by atoms with Gasteiger partial charge in [-0.25, -0.2) is 4.79 Å². The number of nitrogens with one attached hydrogen (secondary N) is 1. The number of hydrazone groups is 1. The van der Waals surface area contributed by atoms with Crippen molar-refractivity contribution in [2.24, 2.45) is 12.1 Å². The summed E-state index contributed by atoms with van der Waals surface area (Å²) in [4.78, 5) is 13.8. The second-order valence-corrected chi connectivity index (χ2v) is 6.66. The van der Waals surface area contributed by atoms with Crippen molar-refractivity contribution in [3.8, 4) is 0 Å². The third-order valence-corrected chi connectivity index (χ3v) is 4.21. The van der Waals surface area contributed by atoms with Crippen molar-refractivity contribution in [3.05, 3.63) is 46.6 Å². The number of sulfonamides is 1. The number of carbonyl (C=O) groups is 1. The summed E-state index contributed by atoms with van der Waals surface area (Å²) in [5, 5.41) is 7.57. The van der Waals surface area contributed by atoms with E-state index >= 15 is 0 Å². The van der Waals surface area contributed by atoms with Crippen LogP contribution in [0.1, 0.15) is 22.8 Å². The summed E-state index contributed by atoms with van der Waals surface area (Å²) in [5.74, 6) is -0.771. The zero-order chi connectivity index (χ0) is 17.7. The lowest BCUT2D eigenvalue weighted by molar-refractivity contribution is 0.0521. The van der Waals surface area contributed by atoms with Gasteiger partial charge in [-0.05, 0) is 24.6 Å². The number of aromatic nitrogens is 2. The van der Waals surface area contributed by atoms with Crippen LogP contribution >= 0.6 is 11.6 Å². The fraction of sp³-hybridized carbons (Fsp3) is 0.214. The van der Waals surface area contributed by atoms with Gasteiger partial charge in [0.05, 0.1) is 12.8 Å². The molecule has 0 aliphatic carbocycles. The van der Waals surface area contributed by atoms with E-state index in [2.05, 4.69) is 10.2 Å². The molecule has 1 aromatic carbocycles. The molecule has 0 saturated heterocycles. The minimum absolute atomic E-state index is 0.120. The number of carbonyl (C=O) groups excluding carboxylic acids is 1. The Balaban J connectivity index is 2.21. The number of aryl methyl sites for hydroxylation is 1. The SMILES string of the molecule is CCOC(=O)c1cn(C)nc1S(=O)(=O)N/N=C/c1ccc(Cl)cc1. The maximum Gasteiger partial charge on any atom is 0.342 e. The molecule has 0 saturated carbocycles. The summed E-state index contributed by atoms with van der Waals surface area (Å²) in [6, 6.07) is 6.64. The van der Waals surface area contributed by atoms with E-state index in [0.29, 0.717) is 10.6 Å². The molecule has 0 atom stereocenters. The number of hydrogen-bond donors (Lipinski definition) is 1. The first-order valence-corrected chi connectivity index (χ1v) is 8.71. The molecule has 1 heterocycles. The Labute approximate surface area is 144 Å². The molecule has 0 bridgehead atoms. The molecule has 1 aromatic heterocycles. The maximum atomic E-state index is 12.3. The number of nitrogens with zero attached hydrogens (tertiary/aromatic N) is 3. The zero-order valence-corrected chi connectivity index (χ0v) is 14.5. The van der Waals surface area contributed by atoms with Crippen LogP contribution in [-0.4, -0.2) is 37.0 Å². The second-order valence-electron chi connectivity index (χ2n) is 4.65. The van der Waals surface area contributed by atoms with E-state index in [1.165, 1.54) is 24.1 Å². The maximum absolute atomic E-state index is 12.3. The Bertz CT molecular complexity index is 859. The minimum Gasteiger partial charge on any atom is -0.462 e. The molecule has 1 N–H and O–H groups in total. The molecule has 0 spiro atoms. The van der Waals surface area contributed by atoms with E-state index in [0.717, 1.165) is 0 Å². The van der Waals surface area contributed by atoms with Crippen molar-refractivity contribution >= 4 is 33.8 Å². The average Bonchev–Trinajstić information content (AvgIpc) is 2.92. The van der Waals surface area contributed by atoms with Crippen LogP contribution in [0.4, 0.5) is 0 Å². The van der Waals surface area contributed by atoms with E-state index in [1.54, 1.807) is 31.2 Å². The largest absolute Gasteiger partial charge is 0.462 e. The number of esters is 1. The molecule has 2 aromatic rings. The van der Waals surface area contributed by atoms with Crippen LogP contribution in [0.15, 0.2) is 40.6 Å². The summed E-state index contributed by atoms with van der Waals surface area (Å²) in [7, 11) is -2.62. The van der Waals surface area contributed by atoms with Gasteiger partial charge in [0.15, 0.2) is 0 Å². The minimum atomic E-state index is -4.12. The molecular formula is C14H15ClN4O4S. The quantitative estimate of drug-likeness (QED) is 0.472. The Morgan fingerprint density at radius 2 is 2.08 bits per heavy atom. The molecular weight excluding hydrogens is 356 g/mol. The summed E-state index contributed by atoms with van der Waals surface area (Å²) in [6.45, 7) is 1.74. The fourth-order valence-corrected chi connectivity index (χ4v) is 2.84. The van der Waals surface area contributed by atoms with E-state index in [9.17, 15) is 13.2 Å². The molecule has 8 nitrogen and oxygen atoms in total. The lowest BCUT2D eigenvalue weighted by Crippen LogP contribution is -2.22. The third kappa shape index (κ3) is 4.33. The van der Waals surface area contributed by atoms with Crippen molar-refractivity contribution in [2.45, 2.75) is 11.9 Å². The molecule has 0 aliphatic heterocycles. The van der Waals surface area contributed by atoms with Gasteiger partial charge in [-0.1, -0.05) is 23.7 Å². The van der Waals surface area contributed by atoms with Gasteiger partial charge in [0.25, 0.3) is 10.0 Å². The van der Waals surface area contributed by atoms with Crippen LogP contribution in [-0.2, 0) is 21.8 Å². The molecule has 0 amide bonds. The third-order valence-electron chi connectivity index (χ3n) is 2.80. The van der Waals surface area contributed by atoms with E-state index < -0.39 is 21.0 Å². The topological polar surface area (TPSA) is 103 Å². The van der Waals surface area contributed by atoms with Crippen LogP contribution in [0, 0.1) is 0 Å². The van der Waals surface area contributed by atoms with Crippen LogP contribution < -0.4 is 4.83 Å². The Hall–Kier alpha value is -2.39. The Morgan fingerprint density at radius 3 is 2.71 bits per heavy atom. The van der Waals surface area contributed by atoms with E-state index in [1.807, 2.05) is 4.83 Å². The highest BCUT2D eigenvalue weighted by Crippen LogP contribution is 2.14. The zero-order valence-electron chi connectivity index (χ0n) is 12.9. The van der Waals surface area contributed by atoms with Crippen LogP contribution in [0.25, 0.3) is 0 Å². The van der Waals surface area contributed by atoms with Crippen molar-refractivity contribution in [2.75, 3.05) is 6.61 Å². The summed E-state index contributed by atoms with van der Waals surface area (Å²) < 4.78 is 30.6. The summed E-state index contributed by atoms with van der Waals surface area (Å²) in [6.07, 6.45) is 2.58. The average molecular weight is 371 g/mol. The summed E-state index contributed by atoms with van der Waals surface area (Å²) in [5.41, 5.74) is 0.488. The van der Waals surface area contributed by atoms with Gasteiger partial charge in [0.2, 0.25) is 5.03 Å². The molecule has 10 heteroatoms. The first-order chi connectivity index (χ1) is 11.3. The molecule has 0 unspecified atom stereocenters. The van der Waals surface area contributed by atoms with E-state index in [-0.39, 0.29) is 12.2 Å². The Kier molecular flexibility index (Phi) is 5.58. The second kappa shape index (κ2) is 7.45. The number of halogens is 1. The lowest BCUT2D eigenvalue weighted by atomic mass is 10.2. The smallest absolute Gasteiger partial charge is 0.342 e.